The van der Waals surface area contributed by atoms with Gasteiger partial charge in [-0.2, -0.15) is 0 Å². The summed E-state index contributed by atoms with van der Waals surface area (Å²) in [6.07, 6.45) is 0.495. The highest BCUT2D eigenvalue weighted by Crippen LogP contribution is 2.38. The number of fused-ring (bicyclic) bond motifs is 1. The second-order valence-electron chi connectivity index (χ2n) is 5.65. The van der Waals surface area contributed by atoms with Crippen LogP contribution in [0.5, 0.6) is 5.75 Å². The predicted octanol–water partition coefficient (Wildman–Crippen LogP) is 2.94. The number of anilines is 1. The van der Waals surface area contributed by atoms with Gasteiger partial charge in [0.1, 0.15) is 11.9 Å². The highest BCUT2D eigenvalue weighted by molar-refractivity contribution is 5.96. The van der Waals surface area contributed by atoms with Crippen LogP contribution < -0.4 is 5.32 Å². The van der Waals surface area contributed by atoms with Crippen molar-refractivity contribution in [1.82, 2.24) is 0 Å². The van der Waals surface area contributed by atoms with Gasteiger partial charge in [-0.05, 0) is 43.9 Å². The van der Waals surface area contributed by atoms with Gasteiger partial charge in [0.15, 0.2) is 0 Å². The van der Waals surface area contributed by atoms with E-state index in [4.69, 9.17) is 4.74 Å². The molecule has 1 aromatic rings. The molecule has 1 heterocycles. The summed E-state index contributed by atoms with van der Waals surface area (Å²) >= 11 is 0. The van der Waals surface area contributed by atoms with E-state index in [-0.39, 0.29) is 36.3 Å². The van der Waals surface area contributed by atoms with E-state index in [9.17, 15) is 15.0 Å². The largest absolute Gasteiger partial charge is 0.506 e. The number of phenolic OH excluding ortho intramolecular Hbond substituents is 1. The molecule has 5 nitrogen and oxygen atoms in total. The number of carbonyl (C=O) groups excluding carboxylic acids is 1. The molecule has 1 aromatic carbocycles. The first-order valence-electron chi connectivity index (χ1n) is 7.42. The maximum atomic E-state index is 11.5. The molecular formula is C16H24ClNO4. The van der Waals surface area contributed by atoms with Crippen molar-refractivity contribution in [3.63, 3.8) is 0 Å². The Labute approximate surface area is 137 Å². The van der Waals surface area contributed by atoms with Crippen LogP contribution in [-0.4, -0.2) is 28.3 Å². The molecule has 3 N–H and O–H groups in total. The lowest BCUT2D eigenvalue weighted by atomic mass is 9.91. The minimum Gasteiger partial charge on any atom is -0.506 e. The summed E-state index contributed by atoms with van der Waals surface area (Å²) in [4.78, 5) is 11.5. The van der Waals surface area contributed by atoms with Crippen LogP contribution in [-0.2, 0) is 16.0 Å². The Bertz CT molecular complexity index is 533. The SMILES string of the molecule is CCC(OC(C)C)C(O)c1ccc(O)c2c1CCC(=O)N2.Cl. The van der Waals surface area contributed by atoms with Crippen molar-refractivity contribution in [3.8, 4) is 5.75 Å². The van der Waals surface area contributed by atoms with E-state index < -0.39 is 6.10 Å². The van der Waals surface area contributed by atoms with Crippen molar-refractivity contribution in [1.29, 1.82) is 0 Å². The van der Waals surface area contributed by atoms with Crippen molar-refractivity contribution < 1.29 is 19.7 Å². The summed E-state index contributed by atoms with van der Waals surface area (Å²) in [6, 6.07) is 3.22. The topological polar surface area (TPSA) is 78.8 Å². The molecule has 1 amide bonds. The van der Waals surface area contributed by atoms with Gasteiger partial charge in [0, 0.05) is 6.42 Å². The summed E-state index contributed by atoms with van der Waals surface area (Å²) in [5.74, 6) is -0.0817. The van der Waals surface area contributed by atoms with Crippen molar-refractivity contribution in [3.05, 3.63) is 23.3 Å². The van der Waals surface area contributed by atoms with Gasteiger partial charge in [0.25, 0.3) is 0 Å². The molecular weight excluding hydrogens is 306 g/mol. The predicted molar refractivity (Wildman–Crippen MR) is 87.6 cm³/mol. The minimum absolute atomic E-state index is 0. The molecule has 2 rings (SSSR count). The number of aliphatic hydroxyl groups is 1. The molecule has 1 aliphatic heterocycles. The van der Waals surface area contributed by atoms with Gasteiger partial charge in [-0.3, -0.25) is 4.79 Å². The lowest BCUT2D eigenvalue weighted by molar-refractivity contribution is -0.116. The standard InChI is InChI=1S/C16H23NO4.ClH/c1-4-13(21-9(2)3)16(20)11-5-7-12(18)15-10(11)6-8-14(19)17-15;/h5,7,9,13,16,18,20H,4,6,8H2,1-3H3,(H,17,19);1H. The van der Waals surface area contributed by atoms with Gasteiger partial charge in [0.2, 0.25) is 5.91 Å². The van der Waals surface area contributed by atoms with Crippen molar-refractivity contribution in [2.75, 3.05) is 5.32 Å². The quantitative estimate of drug-likeness (QED) is 0.726. The maximum absolute atomic E-state index is 11.5. The number of ether oxygens (including phenoxy) is 1. The lowest BCUT2D eigenvalue weighted by Crippen LogP contribution is -2.27. The summed E-state index contributed by atoms with van der Waals surface area (Å²) in [5, 5.41) is 23.2. The molecule has 0 saturated heterocycles. The molecule has 0 aromatic heterocycles. The summed E-state index contributed by atoms with van der Waals surface area (Å²) in [5.41, 5.74) is 1.94. The van der Waals surface area contributed by atoms with Gasteiger partial charge in [-0.1, -0.05) is 13.0 Å². The van der Waals surface area contributed by atoms with Gasteiger partial charge in [0.05, 0.1) is 17.9 Å². The number of hydrogen-bond acceptors (Lipinski definition) is 4. The average Bonchev–Trinajstić information content (AvgIpc) is 2.45. The molecule has 0 spiro atoms. The fourth-order valence-electron chi connectivity index (χ4n) is 2.72. The highest BCUT2D eigenvalue weighted by atomic mass is 35.5. The lowest BCUT2D eigenvalue weighted by Gasteiger charge is -2.28. The number of aromatic hydroxyl groups is 1. The molecule has 2 atom stereocenters. The van der Waals surface area contributed by atoms with Crippen LogP contribution in [0.1, 0.15) is 50.8 Å². The van der Waals surface area contributed by atoms with E-state index in [1.165, 1.54) is 6.07 Å². The van der Waals surface area contributed by atoms with E-state index in [0.717, 1.165) is 11.1 Å². The van der Waals surface area contributed by atoms with E-state index in [0.29, 0.717) is 24.9 Å². The van der Waals surface area contributed by atoms with Crippen LogP contribution >= 0.6 is 12.4 Å². The van der Waals surface area contributed by atoms with Gasteiger partial charge in [-0.25, -0.2) is 0 Å². The van der Waals surface area contributed by atoms with Gasteiger partial charge >= 0.3 is 0 Å². The minimum atomic E-state index is -0.776. The Hall–Kier alpha value is -1.30. The maximum Gasteiger partial charge on any atom is 0.224 e. The number of halogens is 1. The number of nitrogens with one attached hydrogen (secondary N) is 1. The Morgan fingerprint density at radius 2 is 2.00 bits per heavy atom. The molecule has 6 heteroatoms. The second-order valence-corrected chi connectivity index (χ2v) is 5.65. The molecule has 22 heavy (non-hydrogen) atoms. The Morgan fingerprint density at radius 1 is 1.32 bits per heavy atom. The molecule has 0 saturated carbocycles. The van der Waals surface area contributed by atoms with Gasteiger partial charge in [-0.15, -0.1) is 12.4 Å². The highest BCUT2D eigenvalue weighted by Gasteiger charge is 2.28. The Morgan fingerprint density at radius 3 is 2.59 bits per heavy atom. The fraction of sp³-hybridized carbons (Fsp3) is 0.562. The van der Waals surface area contributed by atoms with E-state index in [1.54, 1.807) is 6.07 Å². The molecule has 1 aliphatic rings. The zero-order valence-corrected chi connectivity index (χ0v) is 13.9. The molecule has 0 aliphatic carbocycles. The number of carbonyl (C=O) groups is 1. The normalized spacial score (nSPS) is 16.5. The molecule has 2 unspecified atom stereocenters. The third kappa shape index (κ3) is 3.91. The van der Waals surface area contributed by atoms with Crippen LogP contribution in [0.3, 0.4) is 0 Å². The molecule has 124 valence electrons. The number of benzene rings is 1. The second kappa shape index (κ2) is 7.81. The number of amides is 1. The third-order valence-corrected chi connectivity index (χ3v) is 3.71. The average molecular weight is 330 g/mol. The Kier molecular flexibility index (Phi) is 6.66. The molecule has 0 bridgehead atoms. The number of rotatable bonds is 5. The van der Waals surface area contributed by atoms with Gasteiger partial charge < -0.3 is 20.3 Å². The van der Waals surface area contributed by atoms with Crippen LogP contribution in [0.2, 0.25) is 0 Å². The molecule has 0 radical (unpaired) electrons. The number of hydrogen-bond donors (Lipinski definition) is 3. The molecule has 0 fully saturated rings. The van der Waals surface area contributed by atoms with Crippen molar-refractivity contribution >= 4 is 24.0 Å². The number of phenols is 1. The van der Waals surface area contributed by atoms with Crippen LogP contribution in [0.15, 0.2) is 12.1 Å². The summed E-state index contributed by atoms with van der Waals surface area (Å²) < 4.78 is 5.76. The first kappa shape index (κ1) is 18.7. The fourth-order valence-corrected chi connectivity index (χ4v) is 2.72. The monoisotopic (exact) mass is 329 g/mol. The summed E-state index contributed by atoms with van der Waals surface area (Å²) in [7, 11) is 0. The third-order valence-electron chi connectivity index (χ3n) is 3.71. The van der Waals surface area contributed by atoms with Crippen molar-refractivity contribution in [2.45, 2.75) is 58.3 Å². The van der Waals surface area contributed by atoms with E-state index in [1.807, 2.05) is 20.8 Å². The smallest absolute Gasteiger partial charge is 0.224 e. The number of aliphatic hydroxyl groups excluding tert-OH is 1. The van der Waals surface area contributed by atoms with Crippen LogP contribution in [0, 0.1) is 0 Å². The summed E-state index contributed by atoms with van der Waals surface area (Å²) in [6.45, 7) is 5.83. The zero-order valence-electron chi connectivity index (χ0n) is 13.1. The van der Waals surface area contributed by atoms with Crippen molar-refractivity contribution in [2.24, 2.45) is 0 Å². The van der Waals surface area contributed by atoms with Crippen LogP contribution in [0.25, 0.3) is 0 Å². The Balaban J connectivity index is 0.00000242. The first-order valence-corrected chi connectivity index (χ1v) is 7.42. The zero-order chi connectivity index (χ0) is 15.6. The van der Waals surface area contributed by atoms with E-state index in [2.05, 4.69) is 5.32 Å². The first-order chi connectivity index (χ1) is 9.93. The van der Waals surface area contributed by atoms with E-state index >= 15 is 0 Å². The van der Waals surface area contributed by atoms with Crippen LogP contribution in [0.4, 0.5) is 5.69 Å².